The lowest BCUT2D eigenvalue weighted by Gasteiger charge is -2.32. The maximum absolute atomic E-state index is 13.4. The van der Waals surface area contributed by atoms with Gasteiger partial charge < -0.3 is 25.7 Å². The summed E-state index contributed by atoms with van der Waals surface area (Å²) in [5.74, 6) is 0.911. The Hall–Kier alpha value is -3.98. The second-order valence-corrected chi connectivity index (χ2v) is 11.0. The fraction of sp³-hybridized carbons (Fsp3) is 0.364. The fourth-order valence-corrected chi connectivity index (χ4v) is 5.82. The molecule has 5 rings (SSSR count). The van der Waals surface area contributed by atoms with E-state index in [1.807, 2.05) is 12.1 Å². The SMILES string of the molecule is CCCC(=N)C1CCN(CCc2ccc(Nc3nccc4c3C(C=O)NC=C4c3cccc(C(F)(F)F)c3)cc2)CC1. The molecule has 0 radical (unpaired) electrons. The maximum atomic E-state index is 13.4. The number of nitrogens with one attached hydrogen (secondary N) is 3. The van der Waals surface area contributed by atoms with Crippen molar-refractivity contribution in [2.45, 2.75) is 51.2 Å². The quantitative estimate of drug-likeness (QED) is 0.177. The van der Waals surface area contributed by atoms with Gasteiger partial charge in [0.15, 0.2) is 0 Å². The highest BCUT2D eigenvalue weighted by Gasteiger charge is 2.32. The number of aromatic nitrogens is 1. The number of aldehydes is 1. The summed E-state index contributed by atoms with van der Waals surface area (Å²) in [7, 11) is 0. The summed E-state index contributed by atoms with van der Waals surface area (Å²) in [4.78, 5) is 18.9. The van der Waals surface area contributed by atoms with Gasteiger partial charge in [0.2, 0.25) is 0 Å². The second-order valence-electron chi connectivity index (χ2n) is 11.0. The van der Waals surface area contributed by atoms with Crippen molar-refractivity contribution in [3.05, 3.63) is 94.8 Å². The lowest BCUT2D eigenvalue weighted by Crippen LogP contribution is -2.37. The monoisotopic (exact) mass is 575 g/mol. The van der Waals surface area contributed by atoms with Crippen LogP contribution in [0.4, 0.5) is 24.7 Å². The van der Waals surface area contributed by atoms with Gasteiger partial charge in [0, 0.05) is 41.5 Å². The van der Waals surface area contributed by atoms with Crippen LogP contribution in [0.2, 0.25) is 0 Å². The average Bonchev–Trinajstić information content (AvgIpc) is 3.00. The summed E-state index contributed by atoms with van der Waals surface area (Å²) in [6, 6.07) is 14.3. The first-order valence-corrected chi connectivity index (χ1v) is 14.5. The van der Waals surface area contributed by atoms with Crippen molar-refractivity contribution >= 4 is 29.1 Å². The number of fused-ring (bicyclic) bond motifs is 1. The highest BCUT2D eigenvalue weighted by atomic mass is 19.4. The lowest BCUT2D eigenvalue weighted by molar-refractivity contribution is -0.137. The number of carbonyl (C=O) groups excluding carboxylic acids is 1. The molecule has 6 nitrogen and oxygen atoms in total. The van der Waals surface area contributed by atoms with Gasteiger partial charge in [-0.2, -0.15) is 13.2 Å². The predicted octanol–water partition coefficient (Wildman–Crippen LogP) is 7.15. The first kappa shape index (κ1) is 29.5. The number of benzene rings is 2. The van der Waals surface area contributed by atoms with Crippen LogP contribution in [0.25, 0.3) is 5.57 Å². The highest BCUT2D eigenvalue weighted by molar-refractivity contribution is 5.88. The molecule has 42 heavy (non-hydrogen) atoms. The van der Waals surface area contributed by atoms with Gasteiger partial charge in [0.25, 0.3) is 0 Å². The first-order valence-electron chi connectivity index (χ1n) is 14.5. The van der Waals surface area contributed by atoms with Crippen LogP contribution in [0.5, 0.6) is 0 Å². The van der Waals surface area contributed by atoms with Crippen molar-refractivity contribution in [2.24, 2.45) is 5.92 Å². The maximum Gasteiger partial charge on any atom is 0.416 e. The molecule has 0 saturated carbocycles. The fourth-order valence-electron chi connectivity index (χ4n) is 5.82. The summed E-state index contributed by atoms with van der Waals surface area (Å²) in [5, 5.41) is 14.6. The van der Waals surface area contributed by atoms with Crippen molar-refractivity contribution in [3.63, 3.8) is 0 Å². The summed E-state index contributed by atoms with van der Waals surface area (Å²) in [5.41, 5.74) is 4.38. The molecule has 0 spiro atoms. The van der Waals surface area contributed by atoms with Gasteiger partial charge >= 0.3 is 6.18 Å². The van der Waals surface area contributed by atoms with Crippen LogP contribution in [0.1, 0.15) is 66.5 Å². The molecular formula is C33H36F3N5O. The zero-order chi connectivity index (χ0) is 29.7. The van der Waals surface area contributed by atoms with Crippen LogP contribution in [-0.2, 0) is 17.4 Å². The van der Waals surface area contributed by atoms with E-state index in [1.54, 1.807) is 24.5 Å². The molecule has 2 aliphatic heterocycles. The minimum atomic E-state index is -4.46. The molecule has 0 aliphatic carbocycles. The summed E-state index contributed by atoms with van der Waals surface area (Å²) in [6.45, 7) is 5.17. The lowest BCUT2D eigenvalue weighted by atomic mass is 9.89. The third-order valence-electron chi connectivity index (χ3n) is 8.17. The van der Waals surface area contributed by atoms with E-state index in [4.69, 9.17) is 5.41 Å². The Morgan fingerprint density at radius 1 is 1.14 bits per heavy atom. The Bertz CT molecular complexity index is 1440. The molecule has 0 bridgehead atoms. The Morgan fingerprint density at radius 3 is 2.60 bits per heavy atom. The van der Waals surface area contributed by atoms with Crippen LogP contribution in [0, 0.1) is 11.3 Å². The molecule has 1 unspecified atom stereocenters. The van der Waals surface area contributed by atoms with Gasteiger partial charge in [-0.25, -0.2) is 4.98 Å². The van der Waals surface area contributed by atoms with Crippen LogP contribution in [0.3, 0.4) is 0 Å². The Balaban J connectivity index is 1.27. The van der Waals surface area contributed by atoms with E-state index in [-0.39, 0.29) is 0 Å². The minimum Gasteiger partial charge on any atom is -0.377 e. The number of pyridine rings is 1. The van der Waals surface area contributed by atoms with Crippen LogP contribution in [0.15, 0.2) is 67.0 Å². The van der Waals surface area contributed by atoms with E-state index in [0.717, 1.165) is 81.6 Å². The smallest absolute Gasteiger partial charge is 0.377 e. The molecule has 0 amide bonds. The third-order valence-corrected chi connectivity index (χ3v) is 8.17. The number of likely N-dealkylation sites (tertiary alicyclic amines) is 1. The number of alkyl halides is 3. The number of nitrogens with zero attached hydrogens (tertiary/aromatic N) is 2. The van der Waals surface area contributed by atoms with Gasteiger partial charge in [0.1, 0.15) is 18.1 Å². The normalized spacial score (nSPS) is 17.6. The van der Waals surface area contributed by atoms with Crippen molar-refractivity contribution in [3.8, 4) is 0 Å². The van der Waals surface area contributed by atoms with E-state index in [9.17, 15) is 18.0 Å². The van der Waals surface area contributed by atoms with Crippen molar-refractivity contribution in [2.75, 3.05) is 25.0 Å². The topological polar surface area (TPSA) is 81.1 Å². The van der Waals surface area contributed by atoms with E-state index >= 15 is 0 Å². The molecule has 9 heteroatoms. The molecule has 1 saturated heterocycles. The predicted molar refractivity (Wildman–Crippen MR) is 160 cm³/mol. The molecule has 220 valence electrons. The number of piperidine rings is 1. The van der Waals surface area contributed by atoms with Crippen molar-refractivity contribution < 1.29 is 18.0 Å². The molecular weight excluding hydrogens is 539 g/mol. The molecule has 3 N–H and O–H groups in total. The molecule has 1 aromatic heterocycles. The number of carbonyl (C=O) groups is 1. The van der Waals surface area contributed by atoms with E-state index in [0.29, 0.717) is 34.0 Å². The molecule has 1 fully saturated rings. The highest BCUT2D eigenvalue weighted by Crippen LogP contribution is 2.38. The number of halogens is 3. The van der Waals surface area contributed by atoms with Gasteiger partial charge in [-0.15, -0.1) is 0 Å². The molecule has 3 aromatic rings. The Morgan fingerprint density at radius 2 is 1.90 bits per heavy atom. The third kappa shape index (κ3) is 6.73. The molecule has 1 atom stereocenters. The van der Waals surface area contributed by atoms with E-state index in [2.05, 4.69) is 39.6 Å². The summed E-state index contributed by atoms with van der Waals surface area (Å²) >= 11 is 0. The largest absolute Gasteiger partial charge is 0.416 e. The number of hydrogen-bond acceptors (Lipinski definition) is 6. The molecule has 3 heterocycles. The summed E-state index contributed by atoms with van der Waals surface area (Å²) in [6.07, 6.45) is 4.51. The van der Waals surface area contributed by atoms with Gasteiger partial charge in [-0.1, -0.05) is 37.6 Å². The van der Waals surface area contributed by atoms with Crippen LogP contribution >= 0.6 is 0 Å². The Kier molecular flexibility index (Phi) is 9.06. The zero-order valence-electron chi connectivity index (χ0n) is 23.7. The minimum absolute atomic E-state index is 0.396. The Labute approximate surface area is 244 Å². The van der Waals surface area contributed by atoms with Gasteiger partial charge in [-0.3, -0.25) is 0 Å². The number of anilines is 2. The van der Waals surface area contributed by atoms with Gasteiger partial charge in [-0.05, 0) is 91.7 Å². The van der Waals surface area contributed by atoms with Crippen LogP contribution in [-0.4, -0.2) is 41.5 Å². The molecule has 2 aromatic carbocycles. The van der Waals surface area contributed by atoms with Crippen molar-refractivity contribution in [1.82, 2.24) is 15.2 Å². The second kappa shape index (κ2) is 12.9. The van der Waals surface area contributed by atoms with Crippen LogP contribution < -0.4 is 10.6 Å². The summed E-state index contributed by atoms with van der Waals surface area (Å²) < 4.78 is 40.1. The molecule has 2 aliphatic rings. The average molecular weight is 576 g/mol. The number of hydrogen-bond donors (Lipinski definition) is 3. The van der Waals surface area contributed by atoms with E-state index < -0.39 is 17.8 Å². The standard InChI is InChI=1S/C33H36F3N5O/c1-2-4-29(37)23-13-17-41(18-14-23)16-12-22-7-9-26(10-8-22)40-32-31-27(11-15-38-32)28(20-39-30(31)21-42)24-5-3-6-25(19-24)33(34,35)36/h3,5-11,15,19-21,23,30,37,39H,2,4,12-14,16-18H2,1H3,(H,38,40). The number of rotatable bonds is 10. The zero-order valence-corrected chi connectivity index (χ0v) is 23.7. The van der Waals surface area contributed by atoms with E-state index in [1.165, 1.54) is 11.6 Å². The first-order chi connectivity index (χ1) is 20.3. The van der Waals surface area contributed by atoms with Crippen molar-refractivity contribution in [1.29, 1.82) is 5.41 Å². The van der Waals surface area contributed by atoms with Gasteiger partial charge in [0.05, 0.1) is 5.56 Å².